The second-order valence-electron chi connectivity index (χ2n) is 5.90. The molecule has 9 heteroatoms. The molecule has 1 unspecified atom stereocenters. The maximum absolute atomic E-state index is 14.0. The third-order valence-electron chi connectivity index (χ3n) is 4.51. The number of nitro groups is 1. The third kappa shape index (κ3) is 3.82. The van der Waals surface area contributed by atoms with Gasteiger partial charge in [0.15, 0.2) is 0 Å². The van der Waals surface area contributed by atoms with Gasteiger partial charge in [-0.3, -0.25) is 19.8 Å². The second-order valence-corrected chi connectivity index (χ2v) is 5.90. The molecule has 0 bridgehead atoms. The molecule has 3 rings (SSSR count). The predicted molar refractivity (Wildman–Crippen MR) is 89.1 cm³/mol. The molecule has 2 aliphatic rings. The fourth-order valence-electron chi connectivity index (χ4n) is 3.23. The number of halogens is 2. The topological polar surface area (TPSA) is 78.7 Å². The van der Waals surface area contributed by atoms with Crippen LogP contribution < -0.4 is 5.32 Å². The van der Waals surface area contributed by atoms with Crippen molar-refractivity contribution < 1.29 is 14.1 Å². The Kier molecular flexibility index (Phi) is 6.09. The van der Waals surface area contributed by atoms with Crippen LogP contribution in [0.3, 0.4) is 0 Å². The molecule has 0 aliphatic carbocycles. The van der Waals surface area contributed by atoms with Crippen molar-refractivity contribution >= 4 is 24.0 Å². The van der Waals surface area contributed by atoms with Crippen molar-refractivity contribution in [2.45, 2.75) is 12.5 Å². The molecule has 2 heterocycles. The van der Waals surface area contributed by atoms with Crippen LogP contribution in [0.4, 0.5) is 10.1 Å². The number of rotatable bonds is 3. The highest BCUT2D eigenvalue weighted by Crippen LogP contribution is 2.22. The van der Waals surface area contributed by atoms with Gasteiger partial charge in [0.25, 0.3) is 11.6 Å². The highest BCUT2D eigenvalue weighted by atomic mass is 35.5. The molecule has 0 radical (unpaired) electrons. The van der Waals surface area contributed by atoms with Gasteiger partial charge in [0.2, 0.25) is 0 Å². The number of hydrogen-bond donors (Lipinski definition) is 1. The number of hydrogen-bond acceptors (Lipinski definition) is 5. The number of carbonyl (C=O) groups excluding carboxylic acids is 1. The van der Waals surface area contributed by atoms with Crippen molar-refractivity contribution in [2.75, 3.05) is 39.3 Å². The molecule has 1 N–H and O–H groups in total. The molecule has 0 spiro atoms. The number of piperazine rings is 1. The summed E-state index contributed by atoms with van der Waals surface area (Å²) in [5, 5.41) is 13.9. The van der Waals surface area contributed by atoms with Gasteiger partial charge in [-0.15, -0.1) is 12.4 Å². The maximum Gasteiger partial charge on any atom is 0.272 e. The van der Waals surface area contributed by atoms with Crippen LogP contribution in [-0.2, 0) is 0 Å². The SMILES string of the molecule is Cl.O=C(c1ccc([N+](=O)[O-])cc1F)N1CCC(N2CCNCC2)C1. The Balaban J connectivity index is 0.00000208. The van der Waals surface area contributed by atoms with E-state index in [0.717, 1.165) is 38.7 Å². The number of amides is 1. The van der Waals surface area contributed by atoms with Crippen LogP contribution >= 0.6 is 12.4 Å². The molecule has 24 heavy (non-hydrogen) atoms. The van der Waals surface area contributed by atoms with E-state index >= 15 is 0 Å². The zero-order valence-electron chi connectivity index (χ0n) is 13.1. The van der Waals surface area contributed by atoms with Gasteiger partial charge in [-0.25, -0.2) is 4.39 Å². The van der Waals surface area contributed by atoms with E-state index in [2.05, 4.69) is 10.2 Å². The lowest BCUT2D eigenvalue weighted by Gasteiger charge is -2.32. The van der Waals surface area contributed by atoms with E-state index in [9.17, 15) is 19.3 Å². The van der Waals surface area contributed by atoms with E-state index in [1.807, 2.05) is 0 Å². The lowest BCUT2D eigenvalue weighted by atomic mass is 10.1. The lowest BCUT2D eigenvalue weighted by Crippen LogP contribution is -2.49. The Bertz CT molecular complexity index is 625. The number of nitrogens with one attached hydrogen (secondary N) is 1. The summed E-state index contributed by atoms with van der Waals surface area (Å²) in [6.07, 6.45) is 0.875. The summed E-state index contributed by atoms with van der Waals surface area (Å²) < 4.78 is 14.0. The molecule has 1 aromatic carbocycles. The Hall–Kier alpha value is -1.77. The number of nitro benzene ring substituents is 1. The molecule has 1 atom stereocenters. The Morgan fingerprint density at radius 1 is 1.29 bits per heavy atom. The van der Waals surface area contributed by atoms with E-state index < -0.39 is 16.6 Å². The number of benzene rings is 1. The van der Waals surface area contributed by atoms with Crippen molar-refractivity contribution in [3.63, 3.8) is 0 Å². The average Bonchev–Trinajstić information content (AvgIpc) is 3.05. The fourth-order valence-corrected chi connectivity index (χ4v) is 3.23. The van der Waals surface area contributed by atoms with E-state index in [4.69, 9.17) is 0 Å². The van der Waals surface area contributed by atoms with E-state index in [0.29, 0.717) is 19.1 Å². The summed E-state index contributed by atoms with van der Waals surface area (Å²) in [7, 11) is 0. The summed E-state index contributed by atoms with van der Waals surface area (Å²) in [5.41, 5.74) is -0.448. The molecule has 1 amide bonds. The van der Waals surface area contributed by atoms with Crippen LogP contribution in [0.15, 0.2) is 18.2 Å². The summed E-state index contributed by atoms with van der Waals surface area (Å²) >= 11 is 0. The number of non-ortho nitro benzene ring substituents is 1. The van der Waals surface area contributed by atoms with Gasteiger partial charge in [-0.2, -0.15) is 0 Å². The van der Waals surface area contributed by atoms with Crippen LogP contribution in [-0.4, -0.2) is 65.9 Å². The number of nitrogens with zero attached hydrogens (tertiary/aromatic N) is 3. The zero-order valence-corrected chi connectivity index (χ0v) is 13.9. The second kappa shape index (κ2) is 7.87. The first-order valence-electron chi connectivity index (χ1n) is 7.74. The van der Waals surface area contributed by atoms with Crippen LogP contribution in [0.5, 0.6) is 0 Å². The lowest BCUT2D eigenvalue weighted by molar-refractivity contribution is -0.385. The predicted octanol–water partition coefficient (Wildman–Crippen LogP) is 1.28. The normalized spacial score (nSPS) is 21.4. The third-order valence-corrected chi connectivity index (χ3v) is 4.51. The van der Waals surface area contributed by atoms with Gasteiger partial charge in [0.1, 0.15) is 5.82 Å². The quantitative estimate of drug-likeness (QED) is 0.650. The molecular formula is C15H20ClFN4O3. The average molecular weight is 359 g/mol. The highest BCUT2D eigenvalue weighted by molar-refractivity contribution is 5.95. The minimum Gasteiger partial charge on any atom is -0.337 e. The van der Waals surface area contributed by atoms with E-state index in [1.165, 1.54) is 12.1 Å². The standard InChI is InChI=1S/C15H19FN4O3.ClH/c16-14-9-11(20(22)23)1-2-13(14)15(21)19-6-3-12(10-19)18-7-4-17-5-8-18;/h1-2,9,12,17H,3-8,10H2;1H. The summed E-state index contributed by atoms with van der Waals surface area (Å²) in [5.74, 6) is -1.23. The van der Waals surface area contributed by atoms with Crippen molar-refractivity contribution in [2.24, 2.45) is 0 Å². The summed E-state index contributed by atoms with van der Waals surface area (Å²) in [6.45, 7) is 4.97. The van der Waals surface area contributed by atoms with Gasteiger partial charge in [0.05, 0.1) is 16.6 Å². The zero-order chi connectivity index (χ0) is 16.4. The van der Waals surface area contributed by atoms with E-state index in [1.54, 1.807) is 4.90 Å². The first-order valence-corrected chi connectivity index (χ1v) is 7.74. The maximum atomic E-state index is 14.0. The summed E-state index contributed by atoms with van der Waals surface area (Å²) in [6, 6.07) is 3.48. The fraction of sp³-hybridized carbons (Fsp3) is 0.533. The smallest absolute Gasteiger partial charge is 0.272 e. The Morgan fingerprint density at radius 3 is 2.62 bits per heavy atom. The number of carbonyl (C=O) groups is 1. The van der Waals surface area contributed by atoms with Gasteiger partial charge < -0.3 is 10.2 Å². The summed E-state index contributed by atoms with van der Waals surface area (Å²) in [4.78, 5) is 26.4. The molecule has 1 aromatic rings. The Labute approximate surface area is 145 Å². The minimum atomic E-state index is -0.838. The van der Waals surface area contributed by atoms with Gasteiger partial charge in [0, 0.05) is 51.4 Å². The molecule has 132 valence electrons. The van der Waals surface area contributed by atoms with Gasteiger partial charge in [-0.05, 0) is 12.5 Å². The van der Waals surface area contributed by atoms with Gasteiger partial charge in [-0.1, -0.05) is 0 Å². The van der Waals surface area contributed by atoms with Crippen LogP contribution in [0.2, 0.25) is 0 Å². The highest BCUT2D eigenvalue weighted by Gasteiger charge is 2.32. The van der Waals surface area contributed by atoms with Crippen molar-refractivity contribution in [1.29, 1.82) is 0 Å². The largest absolute Gasteiger partial charge is 0.337 e. The van der Waals surface area contributed by atoms with Crippen LogP contribution in [0.25, 0.3) is 0 Å². The van der Waals surface area contributed by atoms with Crippen molar-refractivity contribution in [3.8, 4) is 0 Å². The van der Waals surface area contributed by atoms with Crippen molar-refractivity contribution in [1.82, 2.24) is 15.1 Å². The molecule has 7 nitrogen and oxygen atoms in total. The van der Waals surface area contributed by atoms with Crippen molar-refractivity contribution in [3.05, 3.63) is 39.7 Å². The van der Waals surface area contributed by atoms with Crippen LogP contribution in [0.1, 0.15) is 16.8 Å². The van der Waals surface area contributed by atoms with E-state index in [-0.39, 0.29) is 23.7 Å². The van der Waals surface area contributed by atoms with Crippen LogP contribution in [0, 0.1) is 15.9 Å². The molecule has 0 saturated carbocycles. The first-order chi connectivity index (χ1) is 11.1. The number of likely N-dealkylation sites (tertiary alicyclic amines) is 1. The molecule has 2 saturated heterocycles. The molecule has 2 aliphatic heterocycles. The monoisotopic (exact) mass is 358 g/mol. The minimum absolute atomic E-state index is 0. The molecule has 0 aromatic heterocycles. The Morgan fingerprint density at radius 2 is 2.00 bits per heavy atom. The molecule has 2 fully saturated rings. The molecular weight excluding hydrogens is 339 g/mol. The van der Waals surface area contributed by atoms with Gasteiger partial charge >= 0.3 is 0 Å². The first kappa shape index (κ1) is 18.6.